The molecule has 0 radical (unpaired) electrons. The van der Waals surface area contributed by atoms with Gasteiger partial charge in [0.25, 0.3) is 11.7 Å². The first kappa shape index (κ1) is 13.1. The van der Waals surface area contributed by atoms with Crippen molar-refractivity contribution in [1.82, 2.24) is 4.90 Å². The predicted octanol–water partition coefficient (Wildman–Crippen LogP) is 0.862. The number of hydrogen-bond donors (Lipinski definition) is 1. The van der Waals surface area contributed by atoms with Crippen molar-refractivity contribution >= 4 is 44.9 Å². The van der Waals surface area contributed by atoms with Gasteiger partial charge in [-0.25, -0.2) is 0 Å². The lowest BCUT2D eigenvalue weighted by Crippen LogP contribution is -2.48. The van der Waals surface area contributed by atoms with Crippen LogP contribution in [-0.2, 0) is 9.59 Å². The molecule has 0 aromatic heterocycles. The molecule has 6 nitrogen and oxygen atoms in total. The smallest absolute Gasteiger partial charge is 0.296 e. The first-order chi connectivity index (χ1) is 9.47. The van der Waals surface area contributed by atoms with E-state index in [1.54, 1.807) is 24.1 Å². The molecule has 2 amide bonds. The molecular formula is C13H12BrN3O3. The highest BCUT2D eigenvalue weighted by atomic mass is 79.9. The molecule has 1 saturated heterocycles. The molecule has 2 aliphatic rings. The Bertz CT molecular complexity index is 644. The Kier molecular flexibility index (Phi) is 3.01. The number of Topliss-reactive ketones (excluding diaryl/α,β-unsaturated/α-hetero) is 1. The standard InChI is InChI=1S/C13H12BrN3O3/c1-16-2-3-17(6-11(16)18)10-5-9-7(4-8(10)14)12(19)13(20)15-9/h4-5H,2-3,6H2,1H3,(H,15,19,20). The van der Waals surface area contributed by atoms with Gasteiger partial charge in [-0.15, -0.1) is 0 Å². The molecule has 0 spiro atoms. The summed E-state index contributed by atoms with van der Waals surface area (Å²) in [6, 6.07) is 3.37. The Hall–Kier alpha value is -1.89. The Labute approximate surface area is 123 Å². The molecule has 1 N–H and O–H groups in total. The maximum Gasteiger partial charge on any atom is 0.296 e. The van der Waals surface area contributed by atoms with Gasteiger partial charge in [0.1, 0.15) is 0 Å². The molecule has 1 fully saturated rings. The van der Waals surface area contributed by atoms with Gasteiger partial charge in [0.15, 0.2) is 0 Å². The van der Waals surface area contributed by atoms with Crippen LogP contribution in [0.15, 0.2) is 16.6 Å². The zero-order valence-electron chi connectivity index (χ0n) is 10.8. The average molecular weight is 338 g/mol. The third kappa shape index (κ3) is 1.98. The fourth-order valence-electron chi connectivity index (χ4n) is 2.36. The molecule has 2 aliphatic heterocycles. The molecule has 0 aliphatic carbocycles. The summed E-state index contributed by atoms with van der Waals surface area (Å²) < 4.78 is 0.707. The molecular weight excluding hydrogens is 326 g/mol. The van der Waals surface area contributed by atoms with E-state index in [0.717, 1.165) is 5.69 Å². The zero-order valence-corrected chi connectivity index (χ0v) is 12.4. The van der Waals surface area contributed by atoms with E-state index < -0.39 is 11.7 Å². The summed E-state index contributed by atoms with van der Waals surface area (Å²) in [4.78, 5) is 38.4. The van der Waals surface area contributed by atoms with Crippen LogP contribution in [0.3, 0.4) is 0 Å². The maximum absolute atomic E-state index is 11.8. The summed E-state index contributed by atoms with van der Waals surface area (Å²) in [7, 11) is 1.77. The summed E-state index contributed by atoms with van der Waals surface area (Å²) >= 11 is 3.41. The fraction of sp³-hybridized carbons (Fsp3) is 0.308. The van der Waals surface area contributed by atoms with Crippen LogP contribution in [0.1, 0.15) is 10.4 Å². The Balaban J connectivity index is 1.96. The van der Waals surface area contributed by atoms with Crippen molar-refractivity contribution in [3.63, 3.8) is 0 Å². The Morgan fingerprint density at radius 1 is 1.20 bits per heavy atom. The van der Waals surface area contributed by atoms with E-state index >= 15 is 0 Å². The first-order valence-electron chi connectivity index (χ1n) is 6.15. The van der Waals surface area contributed by atoms with Crippen molar-refractivity contribution in [2.75, 3.05) is 36.9 Å². The van der Waals surface area contributed by atoms with Crippen LogP contribution >= 0.6 is 15.9 Å². The van der Waals surface area contributed by atoms with Crippen LogP contribution in [0.2, 0.25) is 0 Å². The highest BCUT2D eigenvalue weighted by molar-refractivity contribution is 9.10. The molecule has 0 atom stereocenters. The van der Waals surface area contributed by atoms with Gasteiger partial charge in [-0.1, -0.05) is 0 Å². The molecule has 7 heteroatoms. The van der Waals surface area contributed by atoms with Gasteiger partial charge in [-0.2, -0.15) is 0 Å². The molecule has 104 valence electrons. The third-order valence-corrected chi connectivity index (χ3v) is 4.22. The van der Waals surface area contributed by atoms with E-state index in [9.17, 15) is 14.4 Å². The number of fused-ring (bicyclic) bond motifs is 1. The van der Waals surface area contributed by atoms with Crippen LogP contribution < -0.4 is 10.2 Å². The second-order valence-corrected chi connectivity index (χ2v) is 5.72. The minimum absolute atomic E-state index is 0.0451. The minimum atomic E-state index is -0.612. The number of carbonyl (C=O) groups excluding carboxylic acids is 3. The maximum atomic E-state index is 11.8. The highest BCUT2D eigenvalue weighted by Crippen LogP contribution is 2.35. The first-order valence-corrected chi connectivity index (χ1v) is 6.95. The van der Waals surface area contributed by atoms with E-state index in [4.69, 9.17) is 0 Å². The van der Waals surface area contributed by atoms with Crippen LogP contribution in [0.4, 0.5) is 11.4 Å². The lowest BCUT2D eigenvalue weighted by Gasteiger charge is -2.34. The van der Waals surface area contributed by atoms with Gasteiger partial charge in [-0.3, -0.25) is 14.4 Å². The molecule has 1 aromatic rings. The fourth-order valence-corrected chi connectivity index (χ4v) is 2.96. The number of nitrogens with zero attached hydrogens (tertiary/aromatic N) is 2. The van der Waals surface area contributed by atoms with Crippen molar-refractivity contribution in [1.29, 1.82) is 0 Å². The van der Waals surface area contributed by atoms with E-state index in [1.165, 1.54) is 0 Å². The number of amides is 2. The number of benzene rings is 1. The zero-order chi connectivity index (χ0) is 14.4. The SMILES string of the molecule is CN1CCN(c2cc3c(cc2Br)C(=O)C(=O)N3)CC1=O. The lowest BCUT2D eigenvalue weighted by molar-refractivity contribution is -0.129. The van der Waals surface area contributed by atoms with E-state index in [0.29, 0.717) is 28.8 Å². The largest absolute Gasteiger partial charge is 0.359 e. The molecule has 0 saturated carbocycles. The number of carbonyl (C=O) groups is 3. The lowest BCUT2D eigenvalue weighted by atomic mass is 10.1. The quantitative estimate of drug-likeness (QED) is 0.772. The second kappa shape index (κ2) is 4.59. The predicted molar refractivity (Wildman–Crippen MR) is 77.0 cm³/mol. The van der Waals surface area contributed by atoms with Crippen LogP contribution in [-0.4, -0.2) is 49.2 Å². The summed E-state index contributed by atoms with van der Waals surface area (Å²) in [5, 5.41) is 2.54. The van der Waals surface area contributed by atoms with Crippen molar-refractivity contribution < 1.29 is 14.4 Å². The third-order valence-electron chi connectivity index (χ3n) is 3.58. The average Bonchev–Trinajstić information content (AvgIpc) is 2.68. The summed E-state index contributed by atoms with van der Waals surface area (Å²) in [6.45, 7) is 1.64. The number of rotatable bonds is 1. The number of anilines is 2. The monoisotopic (exact) mass is 337 g/mol. The van der Waals surface area contributed by atoms with Gasteiger partial charge in [0, 0.05) is 24.6 Å². The minimum Gasteiger partial charge on any atom is -0.359 e. The van der Waals surface area contributed by atoms with Crippen molar-refractivity contribution in [2.45, 2.75) is 0 Å². The molecule has 0 unspecified atom stereocenters. The van der Waals surface area contributed by atoms with Crippen LogP contribution in [0.5, 0.6) is 0 Å². The summed E-state index contributed by atoms with van der Waals surface area (Å²) in [5.74, 6) is -1.09. The molecule has 1 aromatic carbocycles. The number of piperazine rings is 1. The summed E-state index contributed by atoms with van der Waals surface area (Å²) in [6.07, 6.45) is 0. The van der Waals surface area contributed by atoms with Crippen LogP contribution in [0.25, 0.3) is 0 Å². The highest BCUT2D eigenvalue weighted by Gasteiger charge is 2.31. The molecule has 3 rings (SSSR count). The number of halogens is 1. The number of nitrogens with one attached hydrogen (secondary N) is 1. The molecule has 2 heterocycles. The number of ketones is 1. The van der Waals surface area contributed by atoms with Crippen molar-refractivity contribution in [3.8, 4) is 0 Å². The molecule has 20 heavy (non-hydrogen) atoms. The van der Waals surface area contributed by atoms with E-state index in [-0.39, 0.29) is 12.5 Å². The van der Waals surface area contributed by atoms with E-state index in [2.05, 4.69) is 21.2 Å². The number of hydrogen-bond acceptors (Lipinski definition) is 4. The normalized spacial score (nSPS) is 18.4. The van der Waals surface area contributed by atoms with Crippen molar-refractivity contribution in [2.24, 2.45) is 0 Å². The Morgan fingerprint density at radius 2 is 1.95 bits per heavy atom. The van der Waals surface area contributed by atoms with Gasteiger partial charge in [0.05, 0.1) is 23.5 Å². The van der Waals surface area contributed by atoms with E-state index in [1.807, 2.05) is 4.90 Å². The molecule has 0 bridgehead atoms. The van der Waals surface area contributed by atoms with Gasteiger partial charge >= 0.3 is 0 Å². The van der Waals surface area contributed by atoms with Crippen LogP contribution in [0, 0.1) is 0 Å². The van der Waals surface area contributed by atoms with Gasteiger partial charge < -0.3 is 15.1 Å². The number of likely N-dealkylation sites (N-methyl/N-ethyl adjacent to an activating group) is 1. The summed E-state index contributed by atoms with van der Waals surface area (Å²) in [5.41, 5.74) is 1.68. The topological polar surface area (TPSA) is 69.7 Å². The van der Waals surface area contributed by atoms with Crippen molar-refractivity contribution in [3.05, 3.63) is 22.2 Å². The van der Waals surface area contributed by atoms with Gasteiger partial charge in [-0.05, 0) is 28.1 Å². The van der Waals surface area contributed by atoms with Gasteiger partial charge in [0.2, 0.25) is 5.91 Å². The Morgan fingerprint density at radius 3 is 2.65 bits per heavy atom. The second-order valence-electron chi connectivity index (χ2n) is 4.87.